The Morgan fingerprint density at radius 3 is 2.00 bits per heavy atom. The van der Waals surface area contributed by atoms with Crippen LogP contribution in [0.3, 0.4) is 0 Å². The van der Waals surface area contributed by atoms with Gasteiger partial charge in [-0.25, -0.2) is 0 Å². The zero-order chi connectivity index (χ0) is 15.1. The van der Waals surface area contributed by atoms with Crippen molar-refractivity contribution in [2.75, 3.05) is 6.54 Å². The minimum Gasteiger partial charge on any atom is -0.354 e. The number of nitrogens with two attached hydrogens (primary N) is 1. The minimum atomic E-state index is -0.225. The summed E-state index contributed by atoms with van der Waals surface area (Å²) in [4.78, 5) is 12.4. The van der Waals surface area contributed by atoms with E-state index in [0.29, 0.717) is 12.0 Å². The molecule has 0 unspecified atom stereocenters. The molecule has 3 N–H and O–H groups in total. The third kappa shape index (κ3) is 3.13. The van der Waals surface area contributed by atoms with Crippen LogP contribution in [-0.2, 0) is 4.79 Å². The molecule has 4 saturated carbocycles. The van der Waals surface area contributed by atoms with Crippen LogP contribution in [0.25, 0.3) is 0 Å². The summed E-state index contributed by atoms with van der Waals surface area (Å²) < 4.78 is 0. The van der Waals surface area contributed by atoms with Crippen LogP contribution in [0.2, 0.25) is 0 Å². The predicted molar refractivity (Wildman–Crippen MR) is 85.7 cm³/mol. The Kier molecular flexibility index (Phi) is 4.06. The Morgan fingerprint density at radius 2 is 1.57 bits per heavy atom. The molecule has 0 aliphatic heterocycles. The van der Waals surface area contributed by atoms with Crippen LogP contribution in [0, 0.1) is 23.2 Å². The molecule has 0 atom stereocenters. The molecule has 4 rings (SSSR count). The van der Waals surface area contributed by atoms with Crippen molar-refractivity contribution >= 4 is 5.91 Å². The molecule has 1 amide bonds. The number of hydrogen-bond donors (Lipinski definition) is 2. The first-order valence-corrected chi connectivity index (χ1v) is 9.01. The highest BCUT2D eigenvalue weighted by Crippen LogP contribution is 2.61. The van der Waals surface area contributed by atoms with E-state index in [1.54, 1.807) is 0 Å². The van der Waals surface area contributed by atoms with Gasteiger partial charge >= 0.3 is 0 Å². The lowest BCUT2D eigenvalue weighted by atomic mass is 9.49. The van der Waals surface area contributed by atoms with Crippen LogP contribution in [-0.4, -0.2) is 18.0 Å². The van der Waals surface area contributed by atoms with Gasteiger partial charge in [0.25, 0.3) is 0 Å². The van der Waals surface area contributed by atoms with Gasteiger partial charge < -0.3 is 11.1 Å². The maximum Gasteiger partial charge on any atom is 0.220 e. The van der Waals surface area contributed by atoms with Gasteiger partial charge in [0.2, 0.25) is 5.91 Å². The lowest BCUT2D eigenvalue weighted by Crippen LogP contribution is -2.51. The quantitative estimate of drug-likeness (QED) is 0.789. The zero-order valence-corrected chi connectivity index (χ0v) is 13.8. The molecule has 3 nitrogen and oxygen atoms in total. The highest BCUT2D eigenvalue weighted by Gasteiger charge is 2.51. The smallest absolute Gasteiger partial charge is 0.220 e. The normalized spacial score (nSPS) is 37.8. The monoisotopic (exact) mass is 292 g/mol. The van der Waals surface area contributed by atoms with E-state index in [4.69, 9.17) is 5.73 Å². The first kappa shape index (κ1) is 15.3. The molecule has 4 aliphatic rings. The maximum atomic E-state index is 12.4. The molecule has 0 radical (unpaired) electrons. The van der Waals surface area contributed by atoms with Gasteiger partial charge in [0.15, 0.2) is 0 Å². The number of amides is 1. The zero-order valence-electron chi connectivity index (χ0n) is 13.8. The SMILES string of the molecule is CCC(N)(CC)CNC(=O)CC12CC3CC(CC(C3)C1)C2. The molecule has 120 valence electrons. The molecular formula is C18H32N2O. The van der Waals surface area contributed by atoms with Crippen LogP contribution >= 0.6 is 0 Å². The molecule has 0 aromatic rings. The van der Waals surface area contributed by atoms with Crippen LogP contribution in [0.15, 0.2) is 0 Å². The fourth-order valence-electron chi connectivity index (χ4n) is 5.68. The van der Waals surface area contributed by atoms with Gasteiger partial charge in [-0.3, -0.25) is 4.79 Å². The van der Waals surface area contributed by atoms with Crippen LogP contribution < -0.4 is 11.1 Å². The molecule has 4 fully saturated rings. The fourth-order valence-corrected chi connectivity index (χ4v) is 5.68. The average molecular weight is 292 g/mol. The van der Waals surface area contributed by atoms with Gasteiger partial charge in [-0.05, 0) is 74.5 Å². The van der Waals surface area contributed by atoms with Gasteiger partial charge in [0.05, 0.1) is 0 Å². The summed E-state index contributed by atoms with van der Waals surface area (Å²) in [6.45, 7) is 4.84. The predicted octanol–water partition coefficient (Wildman–Crippen LogP) is 3.23. The van der Waals surface area contributed by atoms with Crippen LogP contribution in [0.1, 0.15) is 71.6 Å². The molecule has 4 bridgehead atoms. The summed E-state index contributed by atoms with van der Waals surface area (Å²) in [6.07, 6.45) is 10.8. The molecule has 4 aliphatic carbocycles. The van der Waals surface area contributed by atoms with Crippen molar-refractivity contribution in [2.24, 2.45) is 28.9 Å². The van der Waals surface area contributed by atoms with Gasteiger partial charge in [0.1, 0.15) is 0 Å². The summed E-state index contributed by atoms with van der Waals surface area (Å²) in [5.41, 5.74) is 6.41. The summed E-state index contributed by atoms with van der Waals surface area (Å²) in [7, 11) is 0. The van der Waals surface area contributed by atoms with Crippen LogP contribution in [0.5, 0.6) is 0 Å². The number of carbonyl (C=O) groups excluding carboxylic acids is 1. The van der Waals surface area contributed by atoms with Gasteiger partial charge in [-0.2, -0.15) is 0 Å². The third-order valence-corrected chi connectivity index (χ3v) is 6.75. The Bertz CT molecular complexity index is 365. The Balaban J connectivity index is 1.55. The van der Waals surface area contributed by atoms with Crippen molar-refractivity contribution < 1.29 is 4.79 Å². The second kappa shape index (κ2) is 5.57. The first-order valence-electron chi connectivity index (χ1n) is 9.01. The van der Waals surface area contributed by atoms with E-state index >= 15 is 0 Å². The van der Waals surface area contributed by atoms with E-state index in [1.807, 2.05) is 0 Å². The van der Waals surface area contributed by atoms with Crippen LogP contribution in [0.4, 0.5) is 0 Å². The molecule has 0 heterocycles. The van der Waals surface area contributed by atoms with Crippen molar-refractivity contribution in [2.45, 2.75) is 77.2 Å². The summed E-state index contributed by atoms with van der Waals surface area (Å²) in [5, 5.41) is 3.14. The summed E-state index contributed by atoms with van der Waals surface area (Å²) in [6, 6.07) is 0. The fraction of sp³-hybridized carbons (Fsp3) is 0.944. The van der Waals surface area contributed by atoms with Crippen molar-refractivity contribution in [3.8, 4) is 0 Å². The van der Waals surface area contributed by atoms with Crippen molar-refractivity contribution in [3.63, 3.8) is 0 Å². The number of rotatable bonds is 6. The number of nitrogens with one attached hydrogen (secondary N) is 1. The van der Waals surface area contributed by atoms with Crippen molar-refractivity contribution in [1.29, 1.82) is 0 Å². The molecule has 21 heavy (non-hydrogen) atoms. The van der Waals surface area contributed by atoms with E-state index in [9.17, 15) is 4.79 Å². The molecule has 0 saturated heterocycles. The second-order valence-electron chi connectivity index (χ2n) is 8.44. The maximum absolute atomic E-state index is 12.4. The summed E-state index contributed by atoms with van der Waals surface area (Å²) in [5.74, 6) is 3.01. The lowest BCUT2D eigenvalue weighted by Gasteiger charge is -2.56. The molecular weight excluding hydrogens is 260 g/mol. The Labute approximate surface area is 129 Å². The topological polar surface area (TPSA) is 55.1 Å². The van der Waals surface area contributed by atoms with E-state index < -0.39 is 0 Å². The van der Waals surface area contributed by atoms with Crippen molar-refractivity contribution in [3.05, 3.63) is 0 Å². The molecule has 3 heteroatoms. The van der Waals surface area contributed by atoms with E-state index in [0.717, 1.165) is 37.0 Å². The number of hydrogen-bond acceptors (Lipinski definition) is 2. The summed E-state index contributed by atoms with van der Waals surface area (Å²) >= 11 is 0. The highest BCUT2D eigenvalue weighted by atomic mass is 16.1. The number of carbonyl (C=O) groups is 1. The molecule has 0 aromatic heterocycles. The standard InChI is InChI=1S/C18H32N2O/c1-3-18(19,4-2)12-20-16(21)11-17-8-13-5-14(9-17)7-15(6-13)10-17/h13-15H,3-12,19H2,1-2H3,(H,20,21). The minimum absolute atomic E-state index is 0.225. The largest absolute Gasteiger partial charge is 0.354 e. The van der Waals surface area contributed by atoms with Gasteiger partial charge in [-0.1, -0.05) is 13.8 Å². The van der Waals surface area contributed by atoms with E-state index in [1.165, 1.54) is 38.5 Å². The molecule has 0 aromatic carbocycles. The van der Waals surface area contributed by atoms with E-state index in [2.05, 4.69) is 19.2 Å². The Morgan fingerprint density at radius 1 is 1.10 bits per heavy atom. The highest BCUT2D eigenvalue weighted by molar-refractivity contribution is 5.76. The Hall–Kier alpha value is -0.570. The average Bonchev–Trinajstić information content (AvgIpc) is 2.43. The van der Waals surface area contributed by atoms with E-state index in [-0.39, 0.29) is 11.4 Å². The lowest BCUT2D eigenvalue weighted by molar-refractivity contribution is -0.129. The molecule has 0 spiro atoms. The second-order valence-corrected chi connectivity index (χ2v) is 8.44. The van der Waals surface area contributed by atoms with Gasteiger partial charge in [0, 0.05) is 18.5 Å². The third-order valence-electron chi connectivity index (χ3n) is 6.75. The first-order chi connectivity index (χ1) is 9.96. The van der Waals surface area contributed by atoms with Gasteiger partial charge in [-0.15, -0.1) is 0 Å². The van der Waals surface area contributed by atoms with Crippen molar-refractivity contribution in [1.82, 2.24) is 5.32 Å².